The molecule has 3 N–H and O–H groups in total. The van der Waals surface area contributed by atoms with Gasteiger partial charge >= 0.3 is 0 Å². The van der Waals surface area contributed by atoms with Crippen LogP contribution in [0.15, 0.2) is 24.3 Å². The van der Waals surface area contributed by atoms with Crippen LogP contribution in [0.1, 0.15) is 43.2 Å². The summed E-state index contributed by atoms with van der Waals surface area (Å²) < 4.78 is 0. The smallest absolute Gasteiger partial charge is 0.220 e. The molecule has 0 spiro atoms. The van der Waals surface area contributed by atoms with E-state index in [0.717, 1.165) is 25.8 Å². The van der Waals surface area contributed by atoms with Gasteiger partial charge in [-0.05, 0) is 44.1 Å². The first-order valence-corrected chi connectivity index (χ1v) is 7.71. The fraction of sp³-hybridized carbons (Fsp3) is 0.588. The normalized spacial score (nSPS) is 22.5. The van der Waals surface area contributed by atoms with Crippen molar-refractivity contribution in [3.63, 3.8) is 0 Å². The number of amides is 1. The standard InChI is InChI=1S/C17H26N2O/c1-13-4-2-5-14(10-13)8-9-17(20)19-12-15-6-3-7-16(18)11-15/h2,4-5,10,15-16H,3,6-9,11-12,18H2,1H3,(H,19,20). The molecule has 1 saturated carbocycles. The molecule has 1 amide bonds. The first-order valence-electron chi connectivity index (χ1n) is 7.71. The van der Waals surface area contributed by atoms with Crippen molar-refractivity contribution in [2.45, 2.75) is 51.5 Å². The number of hydrogen-bond acceptors (Lipinski definition) is 2. The molecule has 0 saturated heterocycles. The topological polar surface area (TPSA) is 55.1 Å². The lowest BCUT2D eigenvalue weighted by Crippen LogP contribution is -2.35. The Morgan fingerprint density at radius 3 is 3.00 bits per heavy atom. The lowest BCUT2D eigenvalue weighted by Gasteiger charge is -2.26. The second-order valence-corrected chi connectivity index (χ2v) is 6.09. The first-order chi connectivity index (χ1) is 9.63. The van der Waals surface area contributed by atoms with Crippen LogP contribution in [0.2, 0.25) is 0 Å². The second kappa shape index (κ2) is 7.44. The predicted molar refractivity (Wildman–Crippen MR) is 82.4 cm³/mol. The maximum atomic E-state index is 11.9. The maximum absolute atomic E-state index is 11.9. The highest BCUT2D eigenvalue weighted by atomic mass is 16.1. The Labute approximate surface area is 121 Å². The van der Waals surface area contributed by atoms with Gasteiger partial charge < -0.3 is 11.1 Å². The summed E-state index contributed by atoms with van der Waals surface area (Å²) in [6.07, 6.45) is 5.98. The highest BCUT2D eigenvalue weighted by Gasteiger charge is 2.19. The van der Waals surface area contributed by atoms with E-state index in [4.69, 9.17) is 5.73 Å². The van der Waals surface area contributed by atoms with E-state index in [9.17, 15) is 4.79 Å². The summed E-state index contributed by atoms with van der Waals surface area (Å²) in [4.78, 5) is 11.9. The Kier molecular flexibility index (Phi) is 5.60. The zero-order valence-corrected chi connectivity index (χ0v) is 12.4. The van der Waals surface area contributed by atoms with Crippen LogP contribution >= 0.6 is 0 Å². The van der Waals surface area contributed by atoms with Gasteiger partial charge in [-0.1, -0.05) is 36.2 Å². The maximum Gasteiger partial charge on any atom is 0.220 e. The summed E-state index contributed by atoms with van der Waals surface area (Å²) in [5.41, 5.74) is 8.45. The Morgan fingerprint density at radius 2 is 2.25 bits per heavy atom. The number of rotatable bonds is 5. The number of nitrogens with one attached hydrogen (secondary N) is 1. The van der Waals surface area contributed by atoms with Crippen molar-refractivity contribution in [3.8, 4) is 0 Å². The minimum atomic E-state index is 0.158. The average Bonchev–Trinajstić information content (AvgIpc) is 2.43. The Morgan fingerprint density at radius 1 is 1.40 bits per heavy atom. The minimum absolute atomic E-state index is 0.158. The largest absolute Gasteiger partial charge is 0.356 e. The molecular weight excluding hydrogens is 248 g/mol. The van der Waals surface area contributed by atoms with Gasteiger partial charge in [0, 0.05) is 19.0 Å². The monoisotopic (exact) mass is 274 g/mol. The van der Waals surface area contributed by atoms with E-state index in [-0.39, 0.29) is 5.91 Å². The molecule has 0 heterocycles. The van der Waals surface area contributed by atoms with Gasteiger partial charge in [0.15, 0.2) is 0 Å². The fourth-order valence-electron chi connectivity index (χ4n) is 2.99. The quantitative estimate of drug-likeness (QED) is 0.867. The van der Waals surface area contributed by atoms with Gasteiger partial charge in [0.05, 0.1) is 0 Å². The van der Waals surface area contributed by atoms with Crippen LogP contribution in [0.3, 0.4) is 0 Å². The van der Waals surface area contributed by atoms with Crippen LogP contribution in [-0.4, -0.2) is 18.5 Å². The van der Waals surface area contributed by atoms with E-state index in [1.54, 1.807) is 0 Å². The number of carbonyl (C=O) groups is 1. The van der Waals surface area contributed by atoms with Gasteiger partial charge in [0.25, 0.3) is 0 Å². The van der Waals surface area contributed by atoms with Gasteiger partial charge in [-0.25, -0.2) is 0 Å². The summed E-state index contributed by atoms with van der Waals surface area (Å²) in [5, 5.41) is 3.06. The van der Waals surface area contributed by atoms with E-state index in [0.29, 0.717) is 18.4 Å². The highest BCUT2D eigenvalue weighted by molar-refractivity contribution is 5.76. The van der Waals surface area contributed by atoms with Gasteiger partial charge in [-0.15, -0.1) is 0 Å². The van der Waals surface area contributed by atoms with Crippen molar-refractivity contribution in [1.82, 2.24) is 5.32 Å². The number of carbonyl (C=O) groups excluding carboxylic acids is 1. The molecule has 2 rings (SSSR count). The fourth-order valence-corrected chi connectivity index (χ4v) is 2.99. The highest BCUT2D eigenvalue weighted by Crippen LogP contribution is 2.22. The van der Waals surface area contributed by atoms with Crippen LogP contribution in [0.25, 0.3) is 0 Å². The molecule has 3 heteroatoms. The summed E-state index contributed by atoms with van der Waals surface area (Å²) in [7, 11) is 0. The number of benzene rings is 1. The molecule has 1 fully saturated rings. The van der Waals surface area contributed by atoms with Gasteiger partial charge in [-0.3, -0.25) is 4.79 Å². The minimum Gasteiger partial charge on any atom is -0.356 e. The van der Waals surface area contributed by atoms with Gasteiger partial charge in [0.1, 0.15) is 0 Å². The van der Waals surface area contributed by atoms with Crippen molar-refractivity contribution >= 4 is 5.91 Å². The van der Waals surface area contributed by atoms with Crippen LogP contribution in [0, 0.1) is 12.8 Å². The molecule has 0 radical (unpaired) electrons. The third-order valence-corrected chi connectivity index (χ3v) is 4.13. The SMILES string of the molecule is Cc1cccc(CCC(=O)NCC2CCCC(N)C2)c1. The number of hydrogen-bond donors (Lipinski definition) is 2. The van der Waals surface area contributed by atoms with E-state index in [1.165, 1.54) is 24.0 Å². The zero-order valence-electron chi connectivity index (χ0n) is 12.4. The molecule has 0 aromatic heterocycles. The predicted octanol–water partition coefficient (Wildman–Crippen LogP) is 2.56. The summed E-state index contributed by atoms with van der Waals surface area (Å²) in [6, 6.07) is 8.69. The average molecular weight is 274 g/mol. The number of aryl methyl sites for hydroxylation is 2. The molecular formula is C17H26N2O. The lowest BCUT2D eigenvalue weighted by molar-refractivity contribution is -0.121. The van der Waals surface area contributed by atoms with Crippen LogP contribution in [0.4, 0.5) is 0 Å². The molecule has 1 aliphatic carbocycles. The molecule has 110 valence electrons. The molecule has 2 unspecified atom stereocenters. The van der Waals surface area contributed by atoms with Crippen molar-refractivity contribution in [1.29, 1.82) is 0 Å². The molecule has 3 nitrogen and oxygen atoms in total. The molecule has 0 aliphatic heterocycles. The van der Waals surface area contributed by atoms with Crippen LogP contribution in [0.5, 0.6) is 0 Å². The molecule has 1 aliphatic rings. The Hall–Kier alpha value is -1.35. The van der Waals surface area contributed by atoms with Crippen molar-refractivity contribution in [2.24, 2.45) is 11.7 Å². The molecule has 2 atom stereocenters. The third kappa shape index (κ3) is 4.97. The second-order valence-electron chi connectivity index (χ2n) is 6.09. The van der Waals surface area contributed by atoms with Crippen molar-refractivity contribution < 1.29 is 4.79 Å². The van der Waals surface area contributed by atoms with E-state index in [1.807, 2.05) is 6.07 Å². The first kappa shape index (κ1) is 15.0. The number of nitrogens with two attached hydrogens (primary N) is 1. The molecule has 1 aromatic carbocycles. The summed E-state index contributed by atoms with van der Waals surface area (Å²) >= 11 is 0. The van der Waals surface area contributed by atoms with E-state index < -0.39 is 0 Å². The van der Waals surface area contributed by atoms with Crippen LogP contribution < -0.4 is 11.1 Å². The van der Waals surface area contributed by atoms with Crippen molar-refractivity contribution in [3.05, 3.63) is 35.4 Å². The Balaban J connectivity index is 1.67. The zero-order chi connectivity index (χ0) is 14.4. The van der Waals surface area contributed by atoms with Crippen LogP contribution in [-0.2, 0) is 11.2 Å². The molecule has 1 aromatic rings. The third-order valence-electron chi connectivity index (χ3n) is 4.13. The lowest BCUT2D eigenvalue weighted by atomic mass is 9.86. The Bertz CT molecular complexity index is 444. The van der Waals surface area contributed by atoms with Gasteiger partial charge in [-0.2, -0.15) is 0 Å². The van der Waals surface area contributed by atoms with E-state index >= 15 is 0 Å². The molecule has 0 bridgehead atoms. The molecule has 20 heavy (non-hydrogen) atoms. The van der Waals surface area contributed by atoms with E-state index in [2.05, 4.69) is 30.4 Å². The van der Waals surface area contributed by atoms with Crippen molar-refractivity contribution in [2.75, 3.05) is 6.54 Å². The summed E-state index contributed by atoms with van der Waals surface area (Å²) in [5.74, 6) is 0.729. The summed E-state index contributed by atoms with van der Waals surface area (Å²) in [6.45, 7) is 2.87. The van der Waals surface area contributed by atoms with Gasteiger partial charge in [0.2, 0.25) is 5.91 Å².